The first-order valence-electron chi connectivity index (χ1n) is 6.02. The normalized spacial score (nSPS) is 14.1. The van der Waals surface area contributed by atoms with Gasteiger partial charge in [-0.25, -0.2) is 0 Å². The van der Waals surface area contributed by atoms with Crippen molar-refractivity contribution in [3.8, 4) is 0 Å². The Balaban J connectivity index is 1.94. The lowest BCUT2D eigenvalue weighted by atomic mass is 10.1. The molecule has 0 atom stereocenters. The Morgan fingerprint density at radius 3 is 2.50 bits per heavy atom. The maximum Gasteiger partial charge on any atom is 0.201 e. The molecule has 0 amide bonds. The number of benzene rings is 1. The topological polar surface area (TPSA) is 67.5 Å². The minimum Gasteiger partial charge on any atom is -0.506 e. The number of fused-ring (bicyclic) bond motifs is 1. The Hall–Kier alpha value is -2.88. The quantitative estimate of drug-likeness (QED) is 0.685. The van der Waals surface area contributed by atoms with Crippen LogP contribution in [0, 0.1) is 0 Å². The van der Waals surface area contributed by atoms with Crippen LogP contribution in [0.25, 0.3) is 11.8 Å². The number of Topliss-reactive ketones (excluding diaryl/α,β-unsaturated/α-hetero) is 1. The zero-order chi connectivity index (χ0) is 14.1. The summed E-state index contributed by atoms with van der Waals surface area (Å²) < 4.78 is 5.06. The molecule has 0 fully saturated rings. The number of ketones is 2. The molecular formula is C16H10O4. The van der Waals surface area contributed by atoms with Gasteiger partial charge in [0.2, 0.25) is 5.78 Å². The molecule has 1 aliphatic rings. The number of hydrogen-bond donors (Lipinski definition) is 1. The summed E-state index contributed by atoms with van der Waals surface area (Å²) in [4.78, 5) is 24.2. The number of furan rings is 1. The van der Waals surface area contributed by atoms with E-state index >= 15 is 0 Å². The average Bonchev–Trinajstić information content (AvgIpc) is 3.05. The molecule has 4 nitrogen and oxygen atoms in total. The third-order valence-electron chi connectivity index (χ3n) is 3.08. The maximum absolute atomic E-state index is 12.1. The second-order valence-electron chi connectivity index (χ2n) is 4.31. The summed E-state index contributed by atoms with van der Waals surface area (Å²) >= 11 is 0. The van der Waals surface area contributed by atoms with Crippen LogP contribution in [0.3, 0.4) is 0 Å². The van der Waals surface area contributed by atoms with Crippen LogP contribution >= 0.6 is 0 Å². The summed E-state index contributed by atoms with van der Waals surface area (Å²) in [5.41, 5.74) is 0.543. The summed E-state index contributed by atoms with van der Waals surface area (Å²) in [6.45, 7) is 0. The largest absolute Gasteiger partial charge is 0.506 e. The summed E-state index contributed by atoms with van der Waals surface area (Å²) in [6.07, 6.45) is 4.16. The van der Waals surface area contributed by atoms with Crippen molar-refractivity contribution in [1.82, 2.24) is 0 Å². The third-order valence-corrected chi connectivity index (χ3v) is 3.08. The van der Waals surface area contributed by atoms with Crippen LogP contribution in [-0.4, -0.2) is 16.7 Å². The second kappa shape index (κ2) is 4.66. The minimum absolute atomic E-state index is 0.200. The number of aliphatic hydroxyl groups is 1. The second-order valence-corrected chi connectivity index (χ2v) is 4.31. The van der Waals surface area contributed by atoms with Crippen LogP contribution < -0.4 is 0 Å². The van der Waals surface area contributed by atoms with Crippen LogP contribution in [0.5, 0.6) is 0 Å². The first-order valence-corrected chi connectivity index (χ1v) is 6.02. The molecule has 1 N–H and O–H groups in total. The summed E-state index contributed by atoms with van der Waals surface area (Å²) in [5.74, 6) is -0.756. The van der Waals surface area contributed by atoms with E-state index in [0.717, 1.165) is 0 Å². The Morgan fingerprint density at radius 1 is 1.10 bits per heavy atom. The summed E-state index contributed by atoms with van der Waals surface area (Å²) in [5, 5.41) is 10.0. The number of carbonyl (C=O) groups excluding carboxylic acids is 2. The van der Waals surface area contributed by atoms with Crippen molar-refractivity contribution >= 4 is 23.4 Å². The summed E-state index contributed by atoms with van der Waals surface area (Å²) in [6, 6.07) is 9.97. The van der Waals surface area contributed by atoms with Crippen LogP contribution in [0.1, 0.15) is 21.7 Å². The number of carbonyl (C=O) groups is 2. The van der Waals surface area contributed by atoms with Gasteiger partial charge in [0.05, 0.1) is 6.26 Å². The third kappa shape index (κ3) is 1.87. The number of hydrogen-bond acceptors (Lipinski definition) is 4. The van der Waals surface area contributed by atoms with E-state index in [1.807, 2.05) is 0 Å². The molecule has 98 valence electrons. The highest BCUT2D eigenvalue weighted by molar-refractivity contribution is 6.36. The Kier molecular flexibility index (Phi) is 2.84. The van der Waals surface area contributed by atoms with E-state index in [2.05, 4.69) is 0 Å². The fraction of sp³-hybridized carbons (Fsp3) is 0. The van der Waals surface area contributed by atoms with Crippen molar-refractivity contribution in [3.05, 3.63) is 71.2 Å². The van der Waals surface area contributed by atoms with Gasteiger partial charge in [-0.2, -0.15) is 0 Å². The Labute approximate surface area is 114 Å². The van der Waals surface area contributed by atoms with E-state index < -0.39 is 11.6 Å². The van der Waals surface area contributed by atoms with Crippen molar-refractivity contribution < 1.29 is 19.1 Å². The first kappa shape index (κ1) is 12.2. The average molecular weight is 266 g/mol. The number of allylic oxidation sites excluding steroid dienone is 2. The molecule has 0 saturated carbocycles. The van der Waals surface area contributed by atoms with Crippen molar-refractivity contribution in [1.29, 1.82) is 0 Å². The van der Waals surface area contributed by atoms with Gasteiger partial charge in [0.1, 0.15) is 17.1 Å². The molecule has 1 aliphatic carbocycles. The molecule has 0 unspecified atom stereocenters. The first-order chi connectivity index (χ1) is 9.68. The van der Waals surface area contributed by atoms with Gasteiger partial charge in [0, 0.05) is 11.1 Å². The highest BCUT2D eigenvalue weighted by atomic mass is 16.3. The molecule has 3 rings (SSSR count). The fourth-order valence-electron chi connectivity index (χ4n) is 2.12. The lowest BCUT2D eigenvalue weighted by molar-refractivity contribution is -0.111. The van der Waals surface area contributed by atoms with Gasteiger partial charge in [-0.3, -0.25) is 9.59 Å². The zero-order valence-corrected chi connectivity index (χ0v) is 10.4. The predicted octanol–water partition coefficient (Wildman–Crippen LogP) is 3.03. The maximum atomic E-state index is 12.1. The molecule has 0 aliphatic heterocycles. The highest BCUT2D eigenvalue weighted by Crippen LogP contribution is 2.31. The van der Waals surface area contributed by atoms with Crippen LogP contribution in [0.15, 0.2) is 58.7 Å². The molecule has 2 aromatic rings. The van der Waals surface area contributed by atoms with Crippen molar-refractivity contribution in [3.63, 3.8) is 0 Å². The SMILES string of the molecule is O=C(C=Cc1ccco1)C1=C(O)c2ccccc2C1=O. The van der Waals surface area contributed by atoms with Gasteiger partial charge in [-0.05, 0) is 24.3 Å². The van der Waals surface area contributed by atoms with Gasteiger partial charge in [-0.1, -0.05) is 24.3 Å². The molecule has 0 radical (unpaired) electrons. The van der Waals surface area contributed by atoms with E-state index in [1.165, 1.54) is 18.4 Å². The minimum atomic E-state index is -0.542. The lowest BCUT2D eigenvalue weighted by Gasteiger charge is -1.95. The van der Waals surface area contributed by atoms with Crippen molar-refractivity contribution in [2.45, 2.75) is 0 Å². The van der Waals surface area contributed by atoms with Crippen LogP contribution in [0.4, 0.5) is 0 Å². The lowest BCUT2D eigenvalue weighted by Crippen LogP contribution is -2.08. The molecule has 0 spiro atoms. The van der Waals surface area contributed by atoms with E-state index in [4.69, 9.17) is 4.42 Å². The van der Waals surface area contributed by atoms with E-state index in [9.17, 15) is 14.7 Å². The Morgan fingerprint density at radius 2 is 1.85 bits per heavy atom. The van der Waals surface area contributed by atoms with Gasteiger partial charge in [-0.15, -0.1) is 0 Å². The molecule has 0 bridgehead atoms. The smallest absolute Gasteiger partial charge is 0.201 e. The molecule has 20 heavy (non-hydrogen) atoms. The monoisotopic (exact) mass is 266 g/mol. The summed E-state index contributed by atoms with van der Waals surface area (Å²) in [7, 11) is 0. The van der Waals surface area contributed by atoms with Crippen LogP contribution in [-0.2, 0) is 4.79 Å². The molecule has 1 heterocycles. The fourth-order valence-corrected chi connectivity index (χ4v) is 2.12. The Bertz CT molecular complexity index is 749. The highest BCUT2D eigenvalue weighted by Gasteiger charge is 2.32. The molecule has 1 aromatic carbocycles. The molecule has 4 heteroatoms. The molecule has 0 saturated heterocycles. The standard InChI is InChI=1S/C16H10O4/c17-13(8-7-10-4-3-9-20-10)14-15(18)11-5-1-2-6-12(11)16(14)19/h1-9,18H. The number of aliphatic hydroxyl groups excluding tert-OH is 1. The van der Waals surface area contributed by atoms with E-state index in [1.54, 1.807) is 36.4 Å². The van der Waals surface area contributed by atoms with Gasteiger partial charge in [0.25, 0.3) is 0 Å². The molecule has 1 aromatic heterocycles. The van der Waals surface area contributed by atoms with Gasteiger partial charge in [0.15, 0.2) is 5.78 Å². The zero-order valence-electron chi connectivity index (χ0n) is 10.4. The predicted molar refractivity (Wildman–Crippen MR) is 73.1 cm³/mol. The van der Waals surface area contributed by atoms with Gasteiger partial charge >= 0.3 is 0 Å². The molecular weight excluding hydrogens is 256 g/mol. The van der Waals surface area contributed by atoms with Crippen molar-refractivity contribution in [2.24, 2.45) is 0 Å². The number of rotatable bonds is 3. The van der Waals surface area contributed by atoms with E-state index in [-0.39, 0.29) is 11.3 Å². The van der Waals surface area contributed by atoms with Crippen LogP contribution in [0.2, 0.25) is 0 Å². The van der Waals surface area contributed by atoms with Crippen molar-refractivity contribution in [2.75, 3.05) is 0 Å². The van der Waals surface area contributed by atoms with E-state index in [0.29, 0.717) is 16.9 Å². The van der Waals surface area contributed by atoms with Gasteiger partial charge < -0.3 is 9.52 Å².